The van der Waals surface area contributed by atoms with E-state index in [1.165, 1.54) is 48.5 Å². The highest BCUT2D eigenvalue weighted by molar-refractivity contribution is 5.99. The zero-order chi connectivity index (χ0) is 21.5. The van der Waals surface area contributed by atoms with Gasteiger partial charge in [-0.3, -0.25) is 14.9 Å². The van der Waals surface area contributed by atoms with Crippen LogP contribution in [0.5, 0.6) is 5.75 Å². The smallest absolute Gasteiger partial charge is 0.343 e. The number of nitrogens with zero attached hydrogens (tertiary/aromatic N) is 1. The number of ether oxygens (including phenoxy) is 2. The second-order valence-corrected chi connectivity index (χ2v) is 6.08. The summed E-state index contributed by atoms with van der Waals surface area (Å²) in [5, 5.41) is 10.7. The Bertz CT molecular complexity index is 1070. The van der Waals surface area contributed by atoms with Crippen LogP contribution in [0.15, 0.2) is 78.9 Å². The van der Waals surface area contributed by atoms with Crippen molar-refractivity contribution in [2.75, 3.05) is 6.61 Å². The van der Waals surface area contributed by atoms with E-state index in [-0.39, 0.29) is 22.6 Å². The molecule has 0 unspecified atom stereocenters. The molecule has 0 saturated carbocycles. The molecule has 8 nitrogen and oxygen atoms in total. The van der Waals surface area contributed by atoms with Gasteiger partial charge in [0.05, 0.1) is 16.1 Å². The maximum absolute atomic E-state index is 12.2. The van der Waals surface area contributed by atoms with Gasteiger partial charge in [-0.25, -0.2) is 9.59 Å². The summed E-state index contributed by atoms with van der Waals surface area (Å²) in [6.07, 6.45) is 0. The molecular weight excluding hydrogens is 390 g/mol. The van der Waals surface area contributed by atoms with Crippen molar-refractivity contribution in [1.82, 2.24) is 0 Å². The van der Waals surface area contributed by atoms with E-state index in [0.29, 0.717) is 5.56 Å². The van der Waals surface area contributed by atoms with Crippen molar-refractivity contribution < 1.29 is 28.8 Å². The fourth-order valence-electron chi connectivity index (χ4n) is 2.47. The first-order valence-corrected chi connectivity index (χ1v) is 8.76. The second-order valence-electron chi connectivity index (χ2n) is 6.08. The number of benzene rings is 3. The molecule has 0 N–H and O–H groups in total. The number of rotatable bonds is 7. The van der Waals surface area contributed by atoms with Crippen molar-refractivity contribution in [3.8, 4) is 5.75 Å². The fraction of sp³-hybridized carbons (Fsp3) is 0.0455. The van der Waals surface area contributed by atoms with Gasteiger partial charge in [-0.15, -0.1) is 0 Å². The number of Topliss-reactive ketones (excluding diaryl/α,β-unsaturated/α-hetero) is 1. The number of hydrogen-bond donors (Lipinski definition) is 0. The molecule has 0 amide bonds. The lowest BCUT2D eigenvalue weighted by Gasteiger charge is -2.06. The van der Waals surface area contributed by atoms with Crippen LogP contribution in [0, 0.1) is 10.1 Å². The van der Waals surface area contributed by atoms with Crippen LogP contribution < -0.4 is 4.74 Å². The molecule has 0 fully saturated rings. The lowest BCUT2D eigenvalue weighted by molar-refractivity contribution is -0.384. The summed E-state index contributed by atoms with van der Waals surface area (Å²) < 4.78 is 10.2. The van der Waals surface area contributed by atoms with E-state index >= 15 is 0 Å². The molecule has 150 valence electrons. The Kier molecular flexibility index (Phi) is 6.29. The number of ketones is 1. The number of non-ortho nitro benzene ring substituents is 1. The van der Waals surface area contributed by atoms with Crippen LogP contribution in [0.4, 0.5) is 5.69 Å². The normalized spacial score (nSPS) is 10.1. The Hall–Kier alpha value is -4.33. The lowest BCUT2D eigenvalue weighted by atomic mass is 10.1. The Morgan fingerprint density at radius 1 is 0.733 bits per heavy atom. The molecule has 3 aromatic carbocycles. The number of carbonyl (C=O) groups is 3. The Labute approximate surface area is 170 Å². The van der Waals surface area contributed by atoms with E-state index in [1.54, 1.807) is 30.3 Å². The van der Waals surface area contributed by atoms with Gasteiger partial charge >= 0.3 is 11.9 Å². The zero-order valence-electron chi connectivity index (χ0n) is 15.5. The van der Waals surface area contributed by atoms with Gasteiger partial charge < -0.3 is 9.47 Å². The second kappa shape index (κ2) is 9.24. The van der Waals surface area contributed by atoms with Gasteiger partial charge in [0, 0.05) is 17.7 Å². The predicted octanol–water partition coefficient (Wildman–Crippen LogP) is 3.85. The van der Waals surface area contributed by atoms with E-state index in [0.717, 1.165) is 0 Å². The molecule has 8 heteroatoms. The Morgan fingerprint density at radius 2 is 1.30 bits per heavy atom. The lowest BCUT2D eigenvalue weighted by Crippen LogP contribution is -2.14. The summed E-state index contributed by atoms with van der Waals surface area (Å²) in [6, 6.07) is 19.0. The van der Waals surface area contributed by atoms with E-state index in [9.17, 15) is 24.5 Å². The molecule has 0 aliphatic rings. The predicted molar refractivity (Wildman–Crippen MR) is 106 cm³/mol. The minimum absolute atomic E-state index is 0.137. The minimum atomic E-state index is -0.694. The minimum Gasteiger partial charge on any atom is -0.454 e. The summed E-state index contributed by atoms with van der Waals surface area (Å²) in [6.45, 7) is -0.421. The maximum atomic E-state index is 12.2. The Balaban J connectivity index is 1.56. The molecule has 0 atom stereocenters. The van der Waals surface area contributed by atoms with Crippen molar-refractivity contribution in [2.24, 2.45) is 0 Å². The number of nitro benzene ring substituents is 1. The van der Waals surface area contributed by atoms with Gasteiger partial charge in [-0.05, 0) is 48.5 Å². The van der Waals surface area contributed by atoms with Gasteiger partial charge in [0.1, 0.15) is 5.75 Å². The Morgan fingerprint density at radius 3 is 1.90 bits per heavy atom. The largest absolute Gasteiger partial charge is 0.454 e. The fourth-order valence-corrected chi connectivity index (χ4v) is 2.47. The molecular formula is C22H15NO7. The number of hydrogen-bond acceptors (Lipinski definition) is 7. The van der Waals surface area contributed by atoms with Gasteiger partial charge in [-0.2, -0.15) is 0 Å². The SMILES string of the molecule is O=C(COC(=O)c1ccccc1)c1ccc(OC(=O)c2ccc([N+](=O)[O-])cc2)cc1. The summed E-state index contributed by atoms with van der Waals surface area (Å²) in [5.41, 5.74) is 0.640. The number of esters is 2. The molecule has 0 bridgehead atoms. The van der Waals surface area contributed by atoms with Crippen LogP contribution >= 0.6 is 0 Å². The molecule has 0 aliphatic carbocycles. The zero-order valence-corrected chi connectivity index (χ0v) is 15.5. The third-order valence-corrected chi connectivity index (χ3v) is 4.04. The van der Waals surface area contributed by atoms with Crippen LogP contribution in [-0.4, -0.2) is 29.3 Å². The van der Waals surface area contributed by atoms with Crippen LogP contribution in [0.3, 0.4) is 0 Å². The molecule has 3 aromatic rings. The van der Waals surface area contributed by atoms with E-state index in [4.69, 9.17) is 9.47 Å². The first-order valence-electron chi connectivity index (χ1n) is 8.76. The highest BCUT2D eigenvalue weighted by Gasteiger charge is 2.14. The van der Waals surface area contributed by atoms with Crippen molar-refractivity contribution in [3.05, 3.63) is 106 Å². The van der Waals surface area contributed by atoms with Crippen molar-refractivity contribution in [3.63, 3.8) is 0 Å². The van der Waals surface area contributed by atoms with Crippen molar-refractivity contribution >= 4 is 23.4 Å². The van der Waals surface area contributed by atoms with Gasteiger partial charge in [0.25, 0.3) is 5.69 Å². The average molecular weight is 405 g/mol. The molecule has 3 rings (SSSR count). The van der Waals surface area contributed by atoms with Crippen molar-refractivity contribution in [1.29, 1.82) is 0 Å². The first-order chi connectivity index (χ1) is 14.4. The van der Waals surface area contributed by atoms with Crippen LogP contribution in [0.2, 0.25) is 0 Å². The summed E-state index contributed by atoms with van der Waals surface area (Å²) in [7, 11) is 0. The molecule has 0 spiro atoms. The molecule has 0 aliphatic heterocycles. The van der Waals surface area contributed by atoms with E-state index in [1.807, 2.05) is 0 Å². The first kappa shape index (κ1) is 20.4. The van der Waals surface area contributed by atoms with E-state index in [2.05, 4.69) is 0 Å². The summed E-state index contributed by atoms with van der Waals surface area (Å²) in [5.74, 6) is -1.51. The summed E-state index contributed by atoms with van der Waals surface area (Å²) >= 11 is 0. The standard InChI is InChI=1S/C22H15NO7/c24-20(14-29-21(25)16-4-2-1-3-5-16)15-8-12-19(13-9-15)30-22(26)17-6-10-18(11-7-17)23(27)28/h1-13H,14H2. The highest BCUT2D eigenvalue weighted by Crippen LogP contribution is 2.17. The average Bonchev–Trinajstić information content (AvgIpc) is 2.78. The van der Waals surface area contributed by atoms with Crippen LogP contribution in [0.1, 0.15) is 31.1 Å². The molecule has 0 aromatic heterocycles. The molecule has 0 heterocycles. The topological polar surface area (TPSA) is 113 Å². The van der Waals surface area contributed by atoms with E-state index < -0.39 is 29.3 Å². The highest BCUT2D eigenvalue weighted by atomic mass is 16.6. The maximum Gasteiger partial charge on any atom is 0.343 e. The van der Waals surface area contributed by atoms with Gasteiger partial charge in [-0.1, -0.05) is 18.2 Å². The van der Waals surface area contributed by atoms with Crippen LogP contribution in [0.25, 0.3) is 0 Å². The summed E-state index contributed by atoms with van der Waals surface area (Å²) in [4.78, 5) is 46.3. The molecule has 0 saturated heterocycles. The monoisotopic (exact) mass is 405 g/mol. The van der Waals surface area contributed by atoms with Gasteiger partial charge in [0.2, 0.25) is 0 Å². The van der Waals surface area contributed by atoms with Gasteiger partial charge in [0.15, 0.2) is 12.4 Å². The van der Waals surface area contributed by atoms with Crippen LogP contribution in [-0.2, 0) is 4.74 Å². The van der Waals surface area contributed by atoms with Crippen molar-refractivity contribution in [2.45, 2.75) is 0 Å². The molecule has 0 radical (unpaired) electrons. The molecule has 30 heavy (non-hydrogen) atoms. The third kappa shape index (κ3) is 5.14. The number of nitro groups is 1. The number of carbonyl (C=O) groups excluding carboxylic acids is 3. The third-order valence-electron chi connectivity index (χ3n) is 4.04. The quantitative estimate of drug-likeness (QED) is 0.193.